The molecule has 0 bridgehead atoms. The molecule has 0 spiro atoms. The van der Waals surface area contributed by atoms with Crippen LogP contribution >= 0.6 is 0 Å². The lowest BCUT2D eigenvalue weighted by Gasteiger charge is -2.35. The number of aryl methyl sites for hydroxylation is 1. The van der Waals surface area contributed by atoms with Crippen molar-refractivity contribution in [3.05, 3.63) is 71.3 Å². The number of nitrogens with one attached hydrogen (secondary N) is 1. The molecule has 1 fully saturated rings. The standard InChI is InChI=1S/C24H21F6N5O/c1-15-4-2-3-5-19(15)20-6-7-21(33-32-20)34-8-10-35(11-9-34)22(36)31-18-13-16(23(25,26)27)12-17(14-18)24(28,29)30/h2-7,12-14H,8-11H2,1H3,(H,31,36). The number of carbonyl (C=O) groups is 1. The van der Waals surface area contributed by atoms with Crippen LogP contribution in [0.1, 0.15) is 16.7 Å². The maximum atomic E-state index is 13.1. The van der Waals surface area contributed by atoms with Crippen LogP contribution in [0.4, 0.5) is 42.6 Å². The topological polar surface area (TPSA) is 61.4 Å². The number of nitrogens with zero attached hydrogens (tertiary/aromatic N) is 4. The van der Waals surface area contributed by atoms with Crippen LogP contribution in [0.2, 0.25) is 0 Å². The Morgan fingerprint density at radius 2 is 1.44 bits per heavy atom. The molecule has 0 aliphatic carbocycles. The third-order valence-electron chi connectivity index (χ3n) is 5.80. The second kappa shape index (κ2) is 9.67. The Balaban J connectivity index is 1.40. The van der Waals surface area contributed by atoms with Gasteiger partial charge in [0.15, 0.2) is 5.82 Å². The van der Waals surface area contributed by atoms with Crippen LogP contribution in [0.5, 0.6) is 0 Å². The van der Waals surface area contributed by atoms with Crippen molar-refractivity contribution in [1.29, 1.82) is 0 Å². The van der Waals surface area contributed by atoms with E-state index in [0.29, 0.717) is 36.7 Å². The summed E-state index contributed by atoms with van der Waals surface area (Å²) in [5, 5.41) is 10.7. The van der Waals surface area contributed by atoms with E-state index in [-0.39, 0.29) is 19.2 Å². The number of carbonyl (C=O) groups excluding carboxylic acids is 1. The summed E-state index contributed by atoms with van der Waals surface area (Å²) < 4.78 is 78.4. The summed E-state index contributed by atoms with van der Waals surface area (Å²) in [7, 11) is 0. The number of halogens is 6. The normalized spacial score (nSPS) is 14.6. The molecule has 0 atom stereocenters. The monoisotopic (exact) mass is 509 g/mol. The minimum atomic E-state index is -5.00. The fourth-order valence-corrected chi connectivity index (χ4v) is 3.87. The summed E-state index contributed by atoms with van der Waals surface area (Å²) in [5.41, 5.74) is -0.838. The Morgan fingerprint density at radius 1 is 0.833 bits per heavy atom. The lowest BCUT2D eigenvalue weighted by atomic mass is 10.1. The first kappa shape index (κ1) is 25.3. The van der Waals surface area contributed by atoms with Gasteiger partial charge in [0.1, 0.15) is 0 Å². The van der Waals surface area contributed by atoms with Crippen molar-refractivity contribution in [2.75, 3.05) is 36.4 Å². The number of hydrogen-bond donors (Lipinski definition) is 1. The molecule has 2 aromatic carbocycles. The molecule has 1 N–H and O–H groups in total. The van der Waals surface area contributed by atoms with E-state index in [1.807, 2.05) is 48.2 Å². The summed E-state index contributed by atoms with van der Waals surface area (Å²) >= 11 is 0. The first-order valence-corrected chi connectivity index (χ1v) is 10.9. The number of hydrogen-bond acceptors (Lipinski definition) is 4. The van der Waals surface area contributed by atoms with Crippen molar-refractivity contribution in [2.24, 2.45) is 0 Å². The van der Waals surface area contributed by atoms with Crippen molar-refractivity contribution >= 4 is 17.5 Å². The smallest absolute Gasteiger partial charge is 0.352 e. The largest absolute Gasteiger partial charge is 0.416 e. The van der Waals surface area contributed by atoms with Crippen LogP contribution < -0.4 is 10.2 Å². The number of aromatic nitrogens is 2. The summed E-state index contributed by atoms with van der Waals surface area (Å²) in [5.74, 6) is 0.597. The van der Waals surface area contributed by atoms with Gasteiger partial charge in [-0.2, -0.15) is 26.3 Å². The summed E-state index contributed by atoms with van der Waals surface area (Å²) in [4.78, 5) is 15.8. The fraction of sp³-hybridized carbons (Fsp3) is 0.292. The molecule has 1 aromatic heterocycles. The number of anilines is 2. The minimum Gasteiger partial charge on any atom is -0.352 e. The van der Waals surface area contributed by atoms with E-state index in [9.17, 15) is 31.1 Å². The molecule has 12 heteroatoms. The van der Waals surface area contributed by atoms with Gasteiger partial charge in [-0.25, -0.2) is 4.79 Å². The van der Waals surface area contributed by atoms with E-state index >= 15 is 0 Å². The molecule has 0 unspecified atom stereocenters. The number of rotatable bonds is 3. The number of alkyl halides is 6. The zero-order valence-corrected chi connectivity index (χ0v) is 19.0. The molecule has 1 saturated heterocycles. The molecule has 3 aromatic rings. The van der Waals surface area contributed by atoms with Gasteiger partial charge in [-0.1, -0.05) is 24.3 Å². The molecule has 0 saturated carbocycles. The molecule has 2 amide bonds. The molecule has 6 nitrogen and oxygen atoms in total. The van der Waals surface area contributed by atoms with Crippen molar-refractivity contribution in [2.45, 2.75) is 19.3 Å². The van der Waals surface area contributed by atoms with Crippen LogP contribution in [0.3, 0.4) is 0 Å². The highest BCUT2D eigenvalue weighted by Gasteiger charge is 2.37. The van der Waals surface area contributed by atoms with Crippen LogP contribution in [0, 0.1) is 6.92 Å². The molecular weight excluding hydrogens is 488 g/mol. The first-order valence-electron chi connectivity index (χ1n) is 10.9. The molecule has 190 valence electrons. The van der Waals surface area contributed by atoms with Crippen LogP contribution in [0.15, 0.2) is 54.6 Å². The average molecular weight is 509 g/mol. The highest BCUT2D eigenvalue weighted by molar-refractivity contribution is 5.89. The predicted octanol–water partition coefficient (Wildman–Crippen LogP) is 5.84. The Hall–Kier alpha value is -3.83. The quantitative estimate of drug-likeness (QED) is 0.451. The molecule has 0 radical (unpaired) electrons. The van der Waals surface area contributed by atoms with Crippen molar-refractivity contribution in [1.82, 2.24) is 15.1 Å². The number of piperazine rings is 1. The van der Waals surface area contributed by atoms with Gasteiger partial charge in [-0.05, 0) is 42.8 Å². The average Bonchev–Trinajstić information content (AvgIpc) is 2.83. The van der Waals surface area contributed by atoms with Crippen LogP contribution in [-0.2, 0) is 12.4 Å². The highest BCUT2D eigenvalue weighted by Crippen LogP contribution is 2.37. The maximum Gasteiger partial charge on any atom is 0.416 e. The van der Waals surface area contributed by atoms with Crippen molar-refractivity contribution in [3.8, 4) is 11.3 Å². The van der Waals surface area contributed by atoms with Crippen LogP contribution in [0.25, 0.3) is 11.3 Å². The molecular formula is C24H21F6N5O. The highest BCUT2D eigenvalue weighted by atomic mass is 19.4. The van der Waals surface area contributed by atoms with Gasteiger partial charge < -0.3 is 15.1 Å². The van der Waals surface area contributed by atoms with Crippen molar-refractivity contribution in [3.63, 3.8) is 0 Å². The van der Waals surface area contributed by atoms with Gasteiger partial charge in [0.05, 0.1) is 16.8 Å². The first-order chi connectivity index (χ1) is 16.9. The Bertz CT molecular complexity index is 1200. The van der Waals surface area contributed by atoms with E-state index in [0.717, 1.165) is 11.1 Å². The Labute approximate surface area is 202 Å². The third kappa shape index (κ3) is 5.69. The van der Waals surface area contributed by atoms with E-state index in [1.165, 1.54) is 4.90 Å². The van der Waals surface area contributed by atoms with Crippen LogP contribution in [-0.4, -0.2) is 47.3 Å². The van der Waals surface area contributed by atoms with Gasteiger partial charge in [0.25, 0.3) is 0 Å². The SMILES string of the molecule is Cc1ccccc1-c1ccc(N2CCN(C(=O)Nc3cc(C(F)(F)F)cc(C(F)(F)F)c3)CC2)nn1. The number of amides is 2. The lowest BCUT2D eigenvalue weighted by Crippen LogP contribution is -2.50. The molecule has 4 rings (SSSR count). The minimum absolute atomic E-state index is 0.0137. The van der Waals surface area contributed by atoms with Gasteiger partial charge in [-0.3, -0.25) is 0 Å². The molecule has 1 aliphatic rings. The maximum absolute atomic E-state index is 13.1. The molecule has 36 heavy (non-hydrogen) atoms. The third-order valence-corrected chi connectivity index (χ3v) is 5.80. The van der Waals surface area contributed by atoms with Crippen molar-refractivity contribution < 1.29 is 31.1 Å². The zero-order chi connectivity index (χ0) is 26.1. The zero-order valence-electron chi connectivity index (χ0n) is 19.0. The summed E-state index contributed by atoms with van der Waals surface area (Å²) in [6.07, 6.45) is -10.00. The number of benzene rings is 2. The second-order valence-corrected chi connectivity index (χ2v) is 8.29. The Morgan fingerprint density at radius 3 is 1.97 bits per heavy atom. The Kier molecular flexibility index (Phi) is 6.79. The predicted molar refractivity (Wildman–Crippen MR) is 121 cm³/mol. The van der Waals surface area contributed by atoms with E-state index in [2.05, 4.69) is 15.5 Å². The van der Waals surface area contributed by atoms with E-state index < -0.39 is 35.2 Å². The van der Waals surface area contributed by atoms with Gasteiger partial charge in [-0.15, -0.1) is 10.2 Å². The van der Waals surface area contributed by atoms with Gasteiger partial charge in [0, 0.05) is 37.4 Å². The number of urea groups is 1. The van der Waals surface area contributed by atoms with E-state index in [1.54, 1.807) is 0 Å². The second-order valence-electron chi connectivity index (χ2n) is 8.29. The summed E-state index contributed by atoms with van der Waals surface area (Å²) in [6.45, 7) is 3.08. The molecule has 2 heterocycles. The molecule has 1 aliphatic heterocycles. The van der Waals surface area contributed by atoms with E-state index in [4.69, 9.17) is 0 Å². The van der Waals surface area contributed by atoms with Gasteiger partial charge >= 0.3 is 18.4 Å². The lowest BCUT2D eigenvalue weighted by molar-refractivity contribution is -0.143. The fourth-order valence-electron chi connectivity index (χ4n) is 3.87. The van der Waals surface area contributed by atoms with Gasteiger partial charge in [0.2, 0.25) is 0 Å². The summed E-state index contributed by atoms with van der Waals surface area (Å²) in [6, 6.07) is 11.6.